The van der Waals surface area contributed by atoms with E-state index in [-0.39, 0.29) is 10.1 Å². The Labute approximate surface area is 67.1 Å². The molecule has 0 amide bonds. The number of halogens is 2. The van der Waals surface area contributed by atoms with Crippen molar-refractivity contribution in [2.24, 2.45) is 0 Å². The van der Waals surface area contributed by atoms with Crippen LogP contribution in [0.2, 0.25) is 0 Å². The third-order valence-corrected chi connectivity index (χ3v) is 1.47. The molecule has 0 bridgehead atoms. The minimum absolute atomic E-state index is 0.127. The van der Waals surface area contributed by atoms with E-state index in [2.05, 4.69) is 0 Å². The first-order valence-corrected chi connectivity index (χ1v) is 3.20. The number of Topliss-reactive ketones (excluding diaryl/α,β-unsaturated/α-hetero) is 1. The van der Waals surface area contributed by atoms with E-state index < -0.39 is 11.6 Å². The van der Waals surface area contributed by atoms with Crippen molar-refractivity contribution >= 4 is 34.8 Å². The zero-order chi connectivity index (χ0) is 7.72. The summed E-state index contributed by atoms with van der Waals surface area (Å²) in [5.74, 6) is -1.37. The fraction of sp³-hybridized carbons (Fsp3) is 0. The Morgan fingerprint density at radius 2 is 1.70 bits per heavy atom. The largest absolute Gasteiger partial charge is 0.285 e. The normalized spacial score (nSPS) is 18.6. The monoisotopic (exact) mass is 176 g/mol. The zero-order valence-electron chi connectivity index (χ0n) is 4.73. The van der Waals surface area contributed by atoms with Crippen molar-refractivity contribution in [2.75, 3.05) is 0 Å². The van der Waals surface area contributed by atoms with Crippen LogP contribution in [0, 0.1) is 0 Å². The van der Waals surface area contributed by atoms with Crippen molar-refractivity contribution in [3.05, 3.63) is 22.2 Å². The van der Waals surface area contributed by atoms with Gasteiger partial charge in [0, 0.05) is 11.1 Å². The molecule has 0 aromatic heterocycles. The van der Waals surface area contributed by atoms with E-state index >= 15 is 0 Å². The molecule has 0 atom stereocenters. The predicted octanol–water partition coefficient (Wildman–Crippen LogP) is 1.38. The molecule has 0 fully saturated rings. The van der Waals surface area contributed by atoms with Crippen LogP contribution in [0.3, 0.4) is 0 Å². The van der Waals surface area contributed by atoms with Crippen molar-refractivity contribution in [2.45, 2.75) is 0 Å². The van der Waals surface area contributed by atoms with E-state index in [0.717, 1.165) is 6.08 Å². The number of ketones is 2. The summed E-state index contributed by atoms with van der Waals surface area (Å²) in [4.78, 5) is 21.2. The van der Waals surface area contributed by atoms with Crippen LogP contribution in [0.15, 0.2) is 22.2 Å². The van der Waals surface area contributed by atoms with Gasteiger partial charge in [-0.1, -0.05) is 23.2 Å². The molecule has 0 heterocycles. The molecular weight excluding hydrogens is 175 g/mol. The summed E-state index contributed by atoms with van der Waals surface area (Å²) >= 11 is 10.7. The number of rotatable bonds is 0. The van der Waals surface area contributed by atoms with Crippen molar-refractivity contribution in [1.82, 2.24) is 0 Å². The highest BCUT2D eigenvalue weighted by atomic mass is 35.5. The Hall–Kier alpha value is -0.600. The van der Waals surface area contributed by atoms with Gasteiger partial charge in [-0.05, 0) is 6.08 Å². The van der Waals surface area contributed by atoms with Crippen LogP contribution < -0.4 is 0 Å². The van der Waals surface area contributed by atoms with Gasteiger partial charge < -0.3 is 0 Å². The van der Waals surface area contributed by atoms with Crippen LogP contribution in [0.1, 0.15) is 0 Å². The molecule has 52 valence electrons. The van der Waals surface area contributed by atoms with Gasteiger partial charge in [-0.3, -0.25) is 9.59 Å². The van der Waals surface area contributed by atoms with E-state index in [4.69, 9.17) is 23.2 Å². The average molecular weight is 177 g/mol. The highest BCUT2D eigenvalue weighted by molar-refractivity contribution is 6.62. The minimum atomic E-state index is -0.703. The molecule has 0 N–H and O–H groups in total. The van der Waals surface area contributed by atoms with Crippen LogP contribution in [-0.2, 0) is 9.59 Å². The summed E-state index contributed by atoms with van der Waals surface area (Å²) in [6, 6.07) is 0. The van der Waals surface area contributed by atoms with Crippen LogP contribution >= 0.6 is 23.2 Å². The molecule has 1 rings (SSSR count). The predicted molar refractivity (Wildman–Crippen MR) is 37.9 cm³/mol. The fourth-order valence-corrected chi connectivity index (χ4v) is 1.01. The van der Waals surface area contributed by atoms with Gasteiger partial charge in [0.2, 0.25) is 11.6 Å². The molecule has 0 spiro atoms. The third kappa shape index (κ3) is 1.28. The van der Waals surface area contributed by atoms with Crippen LogP contribution in [-0.4, -0.2) is 11.6 Å². The standard InChI is InChI=1S/C6H2Cl2O2/c7-3-1-4(8)6(10)5(9)2-3/h1-2H. The third-order valence-electron chi connectivity index (χ3n) is 0.974. The second-order valence-corrected chi connectivity index (χ2v) is 2.56. The van der Waals surface area contributed by atoms with Crippen LogP contribution in [0.25, 0.3) is 0 Å². The molecule has 4 heteroatoms. The fourth-order valence-electron chi connectivity index (χ4n) is 0.537. The van der Waals surface area contributed by atoms with Gasteiger partial charge in [0.25, 0.3) is 0 Å². The number of carbonyl (C=O) groups is 2. The van der Waals surface area contributed by atoms with Crippen molar-refractivity contribution in [3.63, 3.8) is 0 Å². The molecular formula is C6H2Cl2O2. The Kier molecular flexibility index (Phi) is 1.92. The molecule has 0 unspecified atom stereocenters. The van der Waals surface area contributed by atoms with Crippen molar-refractivity contribution in [1.29, 1.82) is 0 Å². The van der Waals surface area contributed by atoms with Gasteiger partial charge >= 0.3 is 0 Å². The maximum atomic E-state index is 10.6. The summed E-state index contributed by atoms with van der Waals surface area (Å²) in [6.07, 6.45) is 2.28. The van der Waals surface area contributed by atoms with E-state index in [1.807, 2.05) is 0 Å². The zero-order valence-corrected chi connectivity index (χ0v) is 6.24. The van der Waals surface area contributed by atoms with Crippen LogP contribution in [0.4, 0.5) is 0 Å². The summed E-state index contributed by atoms with van der Waals surface area (Å²) in [5, 5.41) is 0.0621. The first-order valence-electron chi connectivity index (χ1n) is 2.44. The Morgan fingerprint density at radius 1 is 1.10 bits per heavy atom. The second-order valence-electron chi connectivity index (χ2n) is 1.71. The lowest BCUT2D eigenvalue weighted by Crippen LogP contribution is -2.14. The topological polar surface area (TPSA) is 34.1 Å². The van der Waals surface area contributed by atoms with Crippen molar-refractivity contribution < 1.29 is 9.59 Å². The van der Waals surface area contributed by atoms with Gasteiger partial charge in [-0.15, -0.1) is 0 Å². The number of hydrogen-bond acceptors (Lipinski definition) is 2. The lowest BCUT2D eigenvalue weighted by molar-refractivity contribution is -0.131. The Balaban J connectivity index is 3.07. The smallest absolute Gasteiger partial charge is 0.244 e. The molecule has 1 aliphatic carbocycles. The molecule has 0 aromatic carbocycles. The van der Waals surface area contributed by atoms with Gasteiger partial charge in [-0.2, -0.15) is 0 Å². The molecule has 0 aromatic rings. The van der Waals surface area contributed by atoms with Crippen LogP contribution in [0.5, 0.6) is 0 Å². The maximum Gasteiger partial charge on any atom is 0.244 e. The van der Waals surface area contributed by atoms with E-state index in [9.17, 15) is 9.59 Å². The molecule has 2 nitrogen and oxygen atoms in total. The minimum Gasteiger partial charge on any atom is -0.285 e. The van der Waals surface area contributed by atoms with E-state index in [1.54, 1.807) is 0 Å². The van der Waals surface area contributed by atoms with Gasteiger partial charge in [0.1, 0.15) is 0 Å². The van der Waals surface area contributed by atoms with E-state index in [0.29, 0.717) is 0 Å². The molecule has 10 heavy (non-hydrogen) atoms. The number of hydrogen-bond donors (Lipinski definition) is 0. The van der Waals surface area contributed by atoms with Gasteiger partial charge in [-0.25, -0.2) is 0 Å². The lowest BCUT2D eigenvalue weighted by Gasteiger charge is -1.99. The quantitative estimate of drug-likeness (QED) is 0.413. The summed E-state index contributed by atoms with van der Waals surface area (Å²) in [6.45, 7) is 0. The molecule has 0 radical (unpaired) electrons. The first kappa shape index (κ1) is 7.51. The van der Waals surface area contributed by atoms with E-state index in [1.165, 1.54) is 6.08 Å². The van der Waals surface area contributed by atoms with Crippen molar-refractivity contribution in [3.8, 4) is 0 Å². The van der Waals surface area contributed by atoms with Gasteiger partial charge in [0.15, 0.2) is 0 Å². The summed E-state index contributed by atoms with van der Waals surface area (Å²) in [7, 11) is 0. The average Bonchev–Trinajstić information content (AvgIpc) is 1.82. The number of allylic oxidation sites excluding steroid dienone is 4. The SMILES string of the molecule is O=C1C=C(Cl)C=C(Cl)C1=O. The molecule has 0 saturated carbocycles. The molecule has 1 aliphatic rings. The van der Waals surface area contributed by atoms with Gasteiger partial charge in [0.05, 0.1) is 5.03 Å². The Bertz CT molecular complexity index is 260. The highest BCUT2D eigenvalue weighted by Gasteiger charge is 2.19. The lowest BCUT2D eigenvalue weighted by atomic mass is 10.1. The molecule has 0 saturated heterocycles. The summed E-state index contributed by atoms with van der Waals surface area (Å²) < 4.78 is 0. The molecule has 0 aliphatic heterocycles. The number of carbonyl (C=O) groups excluding carboxylic acids is 2. The first-order chi connectivity index (χ1) is 4.61. The highest BCUT2D eigenvalue weighted by Crippen LogP contribution is 2.17. The summed E-state index contributed by atoms with van der Waals surface area (Å²) in [5.41, 5.74) is 0. The Morgan fingerprint density at radius 3 is 2.20 bits per heavy atom. The second kappa shape index (κ2) is 2.56. The maximum absolute atomic E-state index is 10.6.